The van der Waals surface area contributed by atoms with Crippen LogP contribution in [0.5, 0.6) is 0 Å². The molecule has 0 aliphatic rings. The maximum atomic E-state index is 11.0. The van der Waals surface area contributed by atoms with Gasteiger partial charge in [-0.25, -0.2) is 0 Å². The van der Waals surface area contributed by atoms with Gasteiger partial charge in [0.15, 0.2) is 0 Å². The van der Waals surface area contributed by atoms with Gasteiger partial charge in [-0.2, -0.15) is 8.42 Å². The number of rotatable bonds is 14. The zero-order chi connectivity index (χ0) is 17.7. The minimum atomic E-state index is -4.07. The van der Waals surface area contributed by atoms with Gasteiger partial charge in [-0.1, -0.05) is 89.7 Å². The smallest absolute Gasteiger partial charge is 0.282 e. The maximum Gasteiger partial charge on any atom is 0.294 e. The summed E-state index contributed by atoms with van der Waals surface area (Å²) in [7, 11) is -4.07. The molecule has 0 unspecified atom stereocenters. The van der Waals surface area contributed by atoms with E-state index in [1.807, 2.05) is 0 Å². The van der Waals surface area contributed by atoms with Crippen LogP contribution in [0.3, 0.4) is 0 Å². The van der Waals surface area contributed by atoms with Gasteiger partial charge in [0.1, 0.15) is 0 Å². The Hall–Kier alpha value is 0.130. The van der Waals surface area contributed by atoms with Gasteiger partial charge in [0.05, 0.1) is 4.90 Å². The van der Waals surface area contributed by atoms with Crippen molar-refractivity contribution >= 4 is 39.7 Å². The van der Waals surface area contributed by atoms with Gasteiger partial charge in [-0.3, -0.25) is 4.55 Å². The fourth-order valence-electron chi connectivity index (χ4n) is 3.00. The van der Waals surface area contributed by atoms with E-state index in [4.69, 9.17) is 4.55 Å². The first-order valence-electron chi connectivity index (χ1n) is 9.60. The molecule has 3 nitrogen and oxygen atoms in total. The molecule has 1 rings (SSSR count). The van der Waals surface area contributed by atoms with E-state index in [-0.39, 0.29) is 34.5 Å². The molecule has 0 fully saturated rings. The third-order valence-corrected chi connectivity index (χ3v) is 5.41. The Morgan fingerprint density at radius 1 is 0.720 bits per heavy atom. The van der Waals surface area contributed by atoms with Crippen LogP contribution in [-0.4, -0.2) is 42.5 Å². The van der Waals surface area contributed by atoms with Gasteiger partial charge < -0.3 is 0 Å². The van der Waals surface area contributed by atoms with Crippen LogP contribution in [0.1, 0.15) is 89.5 Å². The Balaban J connectivity index is 0.00000576. The molecule has 25 heavy (non-hydrogen) atoms. The van der Waals surface area contributed by atoms with Crippen molar-refractivity contribution in [2.75, 3.05) is 0 Å². The second-order valence-electron chi connectivity index (χ2n) is 6.76. The molecule has 0 atom stereocenters. The van der Waals surface area contributed by atoms with E-state index in [1.165, 1.54) is 82.8 Å². The van der Waals surface area contributed by atoms with E-state index in [9.17, 15) is 8.42 Å². The summed E-state index contributed by atoms with van der Waals surface area (Å²) in [6.45, 7) is 2.26. The number of hydrogen-bond donors (Lipinski definition) is 1. The normalized spacial score (nSPS) is 11.3. The van der Waals surface area contributed by atoms with Crippen LogP contribution in [0.25, 0.3) is 0 Å². The molecule has 0 amide bonds. The minimum Gasteiger partial charge on any atom is -0.282 e. The Morgan fingerprint density at radius 2 is 1.12 bits per heavy atom. The van der Waals surface area contributed by atoms with Crippen molar-refractivity contribution in [1.82, 2.24) is 0 Å². The summed E-state index contributed by atoms with van der Waals surface area (Å²) in [6.07, 6.45) is 17.0. The van der Waals surface area contributed by atoms with Gasteiger partial charge in [-0.15, -0.1) is 0 Å². The first-order valence-corrected chi connectivity index (χ1v) is 11.0. The van der Waals surface area contributed by atoms with E-state index in [0.29, 0.717) is 0 Å². The first-order chi connectivity index (χ1) is 11.5. The second kappa shape index (κ2) is 15.2. The van der Waals surface area contributed by atoms with Crippen molar-refractivity contribution in [3.05, 3.63) is 29.8 Å². The first kappa shape index (κ1) is 25.1. The predicted octanol–water partition coefficient (Wildman–Crippen LogP) is 5.80. The number of hydrogen-bond acceptors (Lipinski definition) is 2. The maximum absolute atomic E-state index is 11.0. The molecule has 1 aromatic carbocycles. The Bertz CT molecular complexity index is 526. The van der Waals surface area contributed by atoms with Crippen LogP contribution in [0, 0.1) is 0 Å². The average Bonchev–Trinajstić information content (AvgIpc) is 2.55. The number of benzene rings is 1. The van der Waals surface area contributed by atoms with Crippen LogP contribution in [0.15, 0.2) is 29.2 Å². The molecule has 1 N–H and O–H groups in total. The topological polar surface area (TPSA) is 54.4 Å². The average molecular weight is 378 g/mol. The van der Waals surface area contributed by atoms with Crippen LogP contribution in [0.4, 0.5) is 0 Å². The van der Waals surface area contributed by atoms with Gasteiger partial charge in [-0.05, 0) is 30.5 Å². The molecule has 0 saturated heterocycles. The summed E-state index contributed by atoms with van der Waals surface area (Å²) >= 11 is 0. The monoisotopic (exact) mass is 377 g/mol. The van der Waals surface area contributed by atoms with Crippen molar-refractivity contribution in [2.24, 2.45) is 0 Å². The second-order valence-corrected chi connectivity index (χ2v) is 8.18. The molecule has 5 heteroatoms. The summed E-state index contributed by atoms with van der Waals surface area (Å²) in [4.78, 5) is -0.0269. The summed E-state index contributed by atoms with van der Waals surface area (Å²) in [5.74, 6) is 0. The molecule has 0 aliphatic carbocycles. The van der Waals surface area contributed by atoms with E-state index in [0.717, 1.165) is 18.4 Å². The Labute approximate surface area is 177 Å². The molecular formula is C20H34NaO3S. The largest absolute Gasteiger partial charge is 0.294 e. The van der Waals surface area contributed by atoms with E-state index in [1.54, 1.807) is 12.1 Å². The Morgan fingerprint density at radius 3 is 1.52 bits per heavy atom. The van der Waals surface area contributed by atoms with E-state index < -0.39 is 10.1 Å². The zero-order valence-corrected chi connectivity index (χ0v) is 19.0. The van der Waals surface area contributed by atoms with Crippen molar-refractivity contribution < 1.29 is 13.0 Å². The van der Waals surface area contributed by atoms with Gasteiger partial charge in [0.25, 0.3) is 10.1 Å². The molecule has 0 heterocycles. The molecule has 1 aromatic rings. The van der Waals surface area contributed by atoms with Crippen LogP contribution < -0.4 is 0 Å². The molecule has 1 radical (unpaired) electrons. The predicted molar refractivity (Wildman–Crippen MR) is 107 cm³/mol. The number of aryl methyl sites for hydroxylation is 1. The molecule has 0 saturated carbocycles. The Kier molecular flexibility index (Phi) is 15.3. The van der Waals surface area contributed by atoms with Crippen molar-refractivity contribution in [3.63, 3.8) is 0 Å². The number of unbranched alkanes of at least 4 members (excludes halogenated alkanes) is 11. The summed E-state index contributed by atoms with van der Waals surface area (Å²) in [5.41, 5.74) is 1.13. The van der Waals surface area contributed by atoms with Crippen molar-refractivity contribution in [2.45, 2.75) is 95.3 Å². The molecule has 139 valence electrons. The summed E-state index contributed by atoms with van der Waals surface area (Å²) in [6, 6.07) is 6.54. The fourth-order valence-corrected chi connectivity index (χ4v) is 3.48. The minimum absolute atomic E-state index is 0. The quantitative estimate of drug-likeness (QED) is 0.253. The molecule has 0 aliphatic heterocycles. The molecule has 0 spiro atoms. The third kappa shape index (κ3) is 13.0. The molecule has 0 aromatic heterocycles. The summed E-state index contributed by atoms with van der Waals surface area (Å²) < 4.78 is 30.9. The van der Waals surface area contributed by atoms with Gasteiger partial charge in [0, 0.05) is 29.6 Å². The van der Waals surface area contributed by atoms with Crippen molar-refractivity contribution in [1.29, 1.82) is 0 Å². The van der Waals surface area contributed by atoms with Crippen molar-refractivity contribution in [3.8, 4) is 0 Å². The van der Waals surface area contributed by atoms with E-state index >= 15 is 0 Å². The SMILES string of the molecule is CCCCCCCCCCCCCCc1ccc(S(=O)(=O)O)cc1.[Na]. The summed E-state index contributed by atoms with van der Waals surface area (Å²) in [5, 5.41) is 0. The van der Waals surface area contributed by atoms with Gasteiger partial charge in [0.2, 0.25) is 0 Å². The third-order valence-electron chi connectivity index (χ3n) is 4.54. The zero-order valence-electron chi connectivity index (χ0n) is 16.2. The van der Waals surface area contributed by atoms with Crippen LogP contribution >= 0.6 is 0 Å². The molecule has 0 bridgehead atoms. The van der Waals surface area contributed by atoms with E-state index in [2.05, 4.69) is 6.92 Å². The van der Waals surface area contributed by atoms with Gasteiger partial charge >= 0.3 is 0 Å². The fraction of sp³-hybridized carbons (Fsp3) is 0.700. The van der Waals surface area contributed by atoms with Crippen LogP contribution in [0.2, 0.25) is 0 Å². The standard InChI is InChI=1S/C20H34O3S.Na/c1-2-3-4-5-6-7-8-9-10-11-12-13-14-19-15-17-20(18-16-19)24(21,22)23;/h15-18H,2-14H2,1H3,(H,21,22,23);. The molecular weight excluding hydrogens is 343 g/mol. The van der Waals surface area contributed by atoms with Crippen LogP contribution in [-0.2, 0) is 16.5 Å².